The van der Waals surface area contributed by atoms with Gasteiger partial charge in [0.1, 0.15) is 0 Å². The zero-order chi connectivity index (χ0) is 13.3. The van der Waals surface area contributed by atoms with Gasteiger partial charge in [-0.2, -0.15) is 5.10 Å². The summed E-state index contributed by atoms with van der Waals surface area (Å²) < 4.78 is 2.30. The minimum Gasteiger partial charge on any atom is -0.481 e. The Labute approximate surface area is 117 Å². The van der Waals surface area contributed by atoms with Crippen LogP contribution < -0.4 is 0 Å². The number of benzene rings is 1. The van der Waals surface area contributed by atoms with E-state index in [4.69, 9.17) is 16.7 Å². The van der Waals surface area contributed by atoms with Gasteiger partial charge in [-0.25, -0.2) is 4.68 Å². The predicted octanol–water partition coefficient (Wildman–Crippen LogP) is 3.22. The molecule has 1 aromatic heterocycles. The van der Waals surface area contributed by atoms with Crippen LogP contribution in [0.4, 0.5) is 0 Å². The monoisotopic (exact) mass is 328 g/mol. The second-order valence-corrected chi connectivity index (χ2v) is 5.16. The molecule has 0 atom stereocenters. The molecule has 0 aliphatic carbocycles. The summed E-state index contributed by atoms with van der Waals surface area (Å²) >= 11 is 9.26. The highest BCUT2D eigenvalue weighted by atomic mass is 79.9. The van der Waals surface area contributed by atoms with E-state index in [2.05, 4.69) is 21.0 Å². The zero-order valence-electron chi connectivity index (χ0n) is 9.52. The fourth-order valence-corrected chi connectivity index (χ4v) is 2.18. The molecule has 0 unspecified atom stereocenters. The lowest BCUT2D eigenvalue weighted by Crippen LogP contribution is -2.03. The second kappa shape index (κ2) is 5.12. The normalized spacial score (nSPS) is 10.6. The highest BCUT2D eigenvalue weighted by Gasteiger charge is 2.12. The highest BCUT2D eigenvalue weighted by molar-refractivity contribution is 9.10. The Bertz CT molecular complexity index is 610. The fraction of sp³-hybridized carbons (Fsp3) is 0.167. The molecule has 1 aromatic carbocycles. The molecular formula is C12H10BrClN2O2. The molecule has 0 amide bonds. The van der Waals surface area contributed by atoms with E-state index in [-0.39, 0.29) is 6.42 Å². The van der Waals surface area contributed by atoms with Crippen molar-refractivity contribution in [1.82, 2.24) is 9.78 Å². The van der Waals surface area contributed by atoms with Gasteiger partial charge < -0.3 is 5.11 Å². The van der Waals surface area contributed by atoms with Gasteiger partial charge in [0.25, 0.3) is 0 Å². The van der Waals surface area contributed by atoms with E-state index in [1.165, 1.54) is 0 Å². The molecule has 1 heterocycles. The van der Waals surface area contributed by atoms with Crippen LogP contribution in [0.1, 0.15) is 11.3 Å². The average Bonchev–Trinajstić information content (AvgIpc) is 2.63. The van der Waals surface area contributed by atoms with Crippen molar-refractivity contribution in [2.75, 3.05) is 0 Å². The standard InChI is InChI=1S/C12H10BrClN2O2/c1-7-2-3-8(14)4-11(7)16-6-9(13)10(15-16)5-12(17)18/h2-4,6H,5H2,1H3,(H,17,18). The van der Waals surface area contributed by atoms with Gasteiger partial charge in [-0.05, 0) is 40.5 Å². The van der Waals surface area contributed by atoms with Crippen molar-refractivity contribution in [3.63, 3.8) is 0 Å². The van der Waals surface area contributed by atoms with Crippen LogP contribution in [0.25, 0.3) is 5.69 Å². The van der Waals surface area contributed by atoms with Crippen LogP contribution in [-0.2, 0) is 11.2 Å². The van der Waals surface area contributed by atoms with Gasteiger partial charge in [0.15, 0.2) is 0 Å². The van der Waals surface area contributed by atoms with Crippen LogP contribution >= 0.6 is 27.5 Å². The van der Waals surface area contributed by atoms with E-state index in [1.54, 1.807) is 23.0 Å². The van der Waals surface area contributed by atoms with Crippen LogP contribution in [0.3, 0.4) is 0 Å². The summed E-state index contributed by atoms with van der Waals surface area (Å²) in [4.78, 5) is 10.7. The molecule has 0 fully saturated rings. The fourth-order valence-electron chi connectivity index (χ4n) is 1.60. The number of carboxylic acids is 1. The van der Waals surface area contributed by atoms with Gasteiger partial charge in [-0.3, -0.25) is 4.79 Å². The summed E-state index contributed by atoms with van der Waals surface area (Å²) in [5.74, 6) is -0.913. The molecule has 4 nitrogen and oxygen atoms in total. The topological polar surface area (TPSA) is 55.1 Å². The summed E-state index contributed by atoms with van der Waals surface area (Å²) in [6.07, 6.45) is 1.62. The molecule has 0 saturated carbocycles. The average molecular weight is 330 g/mol. The summed E-state index contributed by atoms with van der Waals surface area (Å²) in [6, 6.07) is 5.49. The second-order valence-electron chi connectivity index (χ2n) is 3.87. The number of aliphatic carboxylic acids is 1. The molecular weight excluding hydrogens is 320 g/mol. The van der Waals surface area contributed by atoms with Crippen molar-refractivity contribution < 1.29 is 9.90 Å². The predicted molar refractivity (Wildman–Crippen MR) is 72.4 cm³/mol. The van der Waals surface area contributed by atoms with Gasteiger partial charge in [-0.15, -0.1) is 0 Å². The molecule has 1 N–H and O–H groups in total. The molecule has 0 spiro atoms. The molecule has 0 bridgehead atoms. The number of nitrogens with zero attached hydrogens (tertiary/aromatic N) is 2. The Kier molecular flexibility index (Phi) is 3.73. The number of aromatic nitrogens is 2. The third kappa shape index (κ3) is 2.73. The molecule has 2 aromatic rings. The summed E-state index contributed by atoms with van der Waals surface area (Å²) in [7, 11) is 0. The third-order valence-electron chi connectivity index (χ3n) is 2.48. The number of hydrogen-bond donors (Lipinski definition) is 1. The molecule has 0 aliphatic rings. The van der Waals surface area contributed by atoms with E-state index in [1.807, 2.05) is 13.0 Å². The summed E-state index contributed by atoms with van der Waals surface area (Å²) in [5, 5.41) is 13.6. The molecule has 2 rings (SSSR count). The molecule has 6 heteroatoms. The van der Waals surface area contributed by atoms with Crippen molar-refractivity contribution >= 4 is 33.5 Å². The largest absolute Gasteiger partial charge is 0.481 e. The third-order valence-corrected chi connectivity index (χ3v) is 3.37. The summed E-state index contributed by atoms with van der Waals surface area (Å²) in [5.41, 5.74) is 2.33. The van der Waals surface area contributed by atoms with Gasteiger partial charge in [-0.1, -0.05) is 17.7 Å². The first-order valence-corrected chi connectivity index (χ1v) is 6.37. The van der Waals surface area contributed by atoms with E-state index >= 15 is 0 Å². The van der Waals surface area contributed by atoms with Gasteiger partial charge in [0.05, 0.1) is 22.3 Å². The lowest BCUT2D eigenvalue weighted by molar-refractivity contribution is -0.136. The Morgan fingerprint density at radius 2 is 2.28 bits per heavy atom. The van der Waals surface area contributed by atoms with E-state index < -0.39 is 5.97 Å². The van der Waals surface area contributed by atoms with Crippen LogP contribution in [0.2, 0.25) is 5.02 Å². The Balaban J connectivity index is 2.45. The lowest BCUT2D eigenvalue weighted by Gasteiger charge is -2.05. The van der Waals surface area contributed by atoms with Crippen LogP contribution in [0.15, 0.2) is 28.9 Å². The highest BCUT2D eigenvalue weighted by Crippen LogP contribution is 2.23. The number of hydrogen-bond acceptors (Lipinski definition) is 2. The zero-order valence-corrected chi connectivity index (χ0v) is 11.9. The maximum absolute atomic E-state index is 10.7. The van der Waals surface area contributed by atoms with Crippen molar-refractivity contribution in [3.8, 4) is 5.69 Å². The van der Waals surface area contributed by atoms with Crippen molar-refractivity contribution in [2.45, 2.75) is 13.3 Å². The molecule has 0 radical (unpaired) electrons. The maximum Gasteiger partial charge on any atom is 0.309 e. The molecule has 18 heavy (non-hydrogen) atoms. The number of rotatable bonds is 3. The first kappa shape index (κ1) is 13.1. The minimum atomic E-state index is -0.913. The molecule has 0 saturated heterocycles. The lowest BCUT2D eigenvalue weighted by atomic mass is 10.2. The van der Waals surface area contributed by atoms with Crippen LogP contribution in [0, 0.1) is 6.92 Å². The van der Waals surface area contributed by atoms with Gasteiger partial charge >= 0.3 is 5.97 Å². The summed E-state index contributed by atoms with van der Waals surface area (Å²) in [6.45, 7) is 1.94. The maximum atomic E-state index is 10.7. The number of halogens is 2. The van der Waals surface area contributed by atoms with Gasteiger partial charge in [0.2, 0.25) is 0 Å². The minimum absolute atomic E-state index is 0.118. The number of carboxylic acid groups (broad SMARTS) is 1. The van der Waals surface area contributed by atoms with Crippen molar-refractivity contribution in [2.24, 2.45) is 0 Å². The Morgan fingerprint density at radius 3 is 2.94 bits per heavy atom. The first-order chi connectivity index (χ1) is 8.47. The van der Waals surface area contributed by atoms with E-state index in [0.29, 0.717) is 15.2 Å². The van der Waals surface area contributed by atoms with Crippen molar-refractivity contribution in [3.05, 3.63) is 45.1 Å². The smallest absolute Gasteiger partial charge is 0.309 e. The Morgan fingerprint density at radius 1 is 1.56 bits per heavy atom. The Hall–Kier alpha value is -1.33. The van der Waals surface area contributed by atoms with Gasteiger partial charge in [0, 0.05) is 11.2 Å². The van der Waals surface area contributed by atoms with E-state index in [0.717, 1.165) is 11.3 Å². The molecule has 94 valence electrons. The SMILES string of the molecule is Cc1ccc(Cl)cc1-n1cc(Br)c(CC(=O)O)n1. The van der Waals surface area contributed by atoms with E-state index in [9.17, 15) is 4.79 Å². The van der Waals surface area contributed by atoms with Crippen LogP contribution in [0.5, 0.6) is 0 Å². The first-order valence-electron chi connectivity index (χ1n) is 5.19. The number of aryl methyl sites for hydroxylation is 1. The van der Waals surface area contributed by atoms with Crippen molar-refractivity contribution in [1.29, 1.82) is 0 Å². The number of carbonyl (C=O) groups is 1. The molecule has 0 aliphatic heterocycles. The quantitative estimate of drug-likeness (QED) is 0.940. The van der Waals surface area contributed by atoms with Crippen LogP contribution in [-0.4, -0.2) is 20.9 Å².